The highest BCUT2D eigenvalue weighted by Gasteiger charge is 2.46. The van der Waals surface area contributed by atoms with E-state index in [0.717, 1.165) is 16.5 Å². The molecule has 1 amide bonds. The van der Waals surface area contributed by atoms with Crippen LogP contribution in [0.3, 0.4) is 0 Å². The van der Waals surface area contributed by atoms with Crippen molar-refractivity contribution in [1.82, 2.24) is 9.88 Å². The summed E-state index contributed by atoms with van der Waals surface area (Å²) in [6, 6.07) is 18.1. The molecule has 0 saturated carbocycles. The number of phenols is 1. The maximum absolute atomic E-state index is 13.3. The molecule has 0 radical (unpaired) electrons. The number of benzene rings is 3. The number of aromatic nitrogens is 1. The van der Waals surface area contributed by atoms with Gasteiger partial charge >= 0.3 is 0 Å². The first kappa shape index (κ1) is 24.0. The minimum Gasteiger partial charge on any atom is -0.507 e. The third kappa shape index (κ3) is 4.27. The van der Waals surface area contributed by atoms with Crippen molar-refractivity contribution in [1.29, 1.82) is 0 Å². The van der Waals surface area contributed by atoms with Crippen molar-refractivity contribution in [3.05, 3.63) is 95.2 Å². The quantitative estimate of drug-likeness (QED) is 0.196. The minimum atomic E-state index is -0.866. The highest BCUT2D eigenvalue weighted by atomic mass is 16.5. The number of hydrogen-bond acceptors (Lipinski definition) is 6. The van der Waals surface area contributed by atoms with Crippen LogP contribution in [0.5, 0.6) is 17.2 Å². The van der Waals surface area contributed by atoms with Crippen LogP contribution in [-0.4, -0.2) is 52.6 Å². The lowest BCUT2D eigenvalue weighted by atomic mass is 9.95. The lowest BCUT2D eigenvalue weighted by molar-refractivity contribution is -0.139. The third-order valence-corrected chi connectivity index (χ3v) is 6.70. The van der Waals surface area contributed by atoms with Gasteiger partial charge in [-0.15, -0.1) is 0 Å². The fraction of sp³-hybridized carbons (Fsp3) is 0.172. The number of aliphatic hydroxyl groups is 1. The molecule has 5 rings (SSSR count). The first-order valence-electron chi connectivity index (χ1n) is 11.8. The molecule has 188 valence electrons. The van der Waals surface area contributed by atoms with Crippen molar-refractivity contribution < 1.29 is 29.3 Å². The zero-order chi connectivity index (χ0) is 26.1. The van der Waals surface area contributed by atoms with Gasteiger partial charge in [-0.05, 0) is 47.9 Å². The number of ether oxygens (including phenoxy) is 2. The molecule has 1 aliphatic heterocycles. The highest BCUT2D eigenvalue weighted by molar-refractivity contribution is 6.46. The van der Waals surface area contributed by atoms with E-state index in [0.29, 0.717) is 23.3 Å². The summed E-state index contributed by atoms with van der Waals surface area (Å²) in [5.74, 6) is -0.875. The number of rotatable bonds is 7. The summed E-state index contributed by atoms with van der Waals surface area (Å²) in [7, 11) is 3.02. The van der Waals surface area contributed by atoms with Crippen LogP contribution in [0, 0.1) is 0 Å². The lowest BCUT2D eigenvalue weighted by Gasteiger charge is -2.25. The first-order valence-corrected chi connectivity index (χ1v) is 11.8. The number of carbonyl (C=O) groups is 2. The van der Waals surface area contributed by atoms with Crippen LogP contribution in [0.4, 0.5) is 0 Å². The second-order valence-corrected chi connectivity index (χ2v) is 8.77. The fourth-order valence-corrected chi connectivity index (χ4v) is 4.81. The fourth-order valence-electron chi connectivity index (χ4n) is 4.81. The van der Waals surface area contributed by atoms with Gasteiger partial charge in [0, 0.05) is 29.2 Å². The maximum Gasteiger partial charge on any atom is 0.295 e. The molecule has 8 heteroatoms. The number of aromatic hydroxyl groups is 1. The SMILES string of the molecule is COc1ccc2[nH]cc(CCN3C(=O)C(=O)/C(=C(\O)c4ccccc4)C3c3ccc(O)c(OC)c3)c2c1. The van der Waals surface area contributed by atoms with Crippen LogP contribution in [0.1, 0.15) is 22.7 Å². The average Bonchev–Trinajstić information content (AvgIpc) is 3.45. The highest BCUT2D eigenvalue weighted by Crippen LogP contribution is 2.42. The molecule has 2 heterocycles. The average molecular weight is 499 g/mol. The lowest BCUT2D eigenvalue weighted by Crippen LogP contribution is -2.31. The van der Waals surface area contributed by atoms with E-state index in [9.17, 15) is 19.8 Å². The van der Waals surface area contributed by atoms with Crippen molar-refractivity contribution in [2.45, 2.75) is 12.5 Å². The Morgan fingerprint density at radius 3 is 2.51 bits per heavy atom. The van der Waals surface area contributed by atoms with Crippen molar-refractivity contribution in [2.24, 2.45) is 0 Å². The van der Waals surface area contributed by atoms with Gasteiger partial charge in [-0.1, -0.05) is 36.4 Å². The van der Waals surface area contributed by atoms with Crippen LogP contribution >= 0.6 is 0 Å². The molecule has 0 aliphatic carbocycles. The van der Waals surface area contributed by atoms with E-state index in [-0.39, 0.29) is 29.4 Å². The number of nitrogens with one attached hydrogen (secondary N) is 1. The molecule has 1 unspecified atom stereocenters. The van der Waals surface area contributed by atoms with E-state index in [1.165, 1.54) is 18.1 Å². The number of aliphatic hydroxyl groups excluding tert-OH is 1. The summed E-state index contributed by atoms with van der Waals surface area (Å²) in [5.41, 5.74) is 2.85. The molecule has 37 heavy (non-hydrogen) atoms. The molecule has 1 aromatic heterocycles. The number of aromatic amines is 1. The van der Waals surface area contributed by atoms with Gasteiger partial charge in [0.1, 0.15) is 11.5 Å². The monoisotopic (exact) mass is 498 g/mol. The van der Waals surface area contributed by atoms with Gasteiger partial charge in [0.15, 0.2) is 11.5 Å². The minimum absolute atomic E-state index is 0.00969. The van der Waals surface area contributed by atoms with Gasteiger partial charge in [0.25, 0.3) is 11.7 Å². The van der Waals surface area contributed by atoms with Crippen LogP contribution in [0.2, 0.25) is 0 Å². The second-order valence-electron chi connectivity index (χ2n) is 8.77. The number of hydrogen-bond donors (Lipinski definition) is 3. The molecule has 1 aliphatic rings. The third-order valence-electron chi connectivity index (χ3n) is 6.70. The number of amides is 1. The first-order chi connectivity index (χ1) is 17.9. The number of methoxy groups -OCH3 is 2. The number of ketones is 1. The van der Waals surface area contributed by atoms with Gasteiger partial charge < -0.3 is 29.6 Å². The molecule has 3 N–H and O–H groups in total. The maximum atomic E-state index is 13.3. The Labute approximate surface area is 213 Å². The van der Waals surface area contributed by atoms with Crippen LogP contribution in [0.25, 0.3) is 16.7 Å². The smallest absolute Gasteiger partial charge is 0.295 e. The van der Waals surface area contributed by atoms with Gasteiger partial charge in [-0.3, -0.25) is 9.59 Å². The van der Waals surface area contributed by atoms with Gasteiger partial charge in [-0.2, -0.15) is 0 Å². The number of fused-ring (bicyclic) bond motifs is 1. The normalized spacial score (nSPS) is 16.9. The Balaban J connectivity index is 1.58. The van der Waals surface area contributed by atoms with Crippen molar-refractivity contribution in [3.8, 4) is 17.2 Å². The number of H-pyrrole nitrogens is 1. The van der Waals surface area contributed by atoms with Crippen molar-refractivity contribution in [2.75, 3.05) is 20.8 Å². The Morgan fingerprint density at radius 1 is 1.00 bits per heavy atom. The molecule has 0 bridgehead atoms. The van der Waals surface area contributed by atoms with Gasteiger partial charge in [0.2, 0.25) is 0 Å². The Kier molecular flexibility index (Phi) is 6.31. The molecular weight excluding hydrogens is 472 g/mol. The van der Waals surface area contributed by atoms with Gasteiger partial charge in [0.05, 0.1) is 25.8 Å². The largest absolute Gasteiger partial charge is 0.507 e. The molecule has 8 nitrogen and oxygen atoms in total. The summed E-state index contributed by atoms with van der Waals surface area (Å²) < 4.78 is 10.6. The zero-order valence-electron chi connectivity index (χ0n) is 20.4. The molecule has 4 aromatic rings. The number of Topliss-reactive ketones (excluding diaryl/α,β-unsaturated/α-hetero) is 1. The second kappa shape index (κ2) is 9.73. The van der Waals surface area contributed by atoms with E-state index in [4.69, 9.17) is 9.47 Å². The molecule has 3 aromatic carbocycles. The summed E-state index contributed by atoms with van der Waals surface area (Å²) in [6.45, 7) is 0.216. The van der Waals surface area contributed by atoms with Gasteiger partial charge in [-0.25, -0.2) is 0 Å². The molecule has 0 spiro atoms. The Hall–Kier alpha value is -4.72. The van der Waals surface area contributed by atoms with Crippen LogP contribution in [0.15, 0.2) is 78.5 Å². The van der Waals surface area contributed by atoms with Crippen molar-refractivity contribution >= 4 is 28.4 Å². The molecule has 1 saturated heterocycles. The Morgan fingerprint density at radius 2 is 1.78 bits per heavy atom. The van der Waals surface area contributed by atoms with Crippen LogP contribution < -0.4 is 9.47 Å². The van der Waals surface area contributed by atoms with E-state index in [1.807, 2.05) is 24.4 Å². The van der Waals surface area contributed by atoms with E-state index in [1.54, 1.807) is 49.6 Å². The molecule has 1 fully saturated rings. The van der Waals surface area contributed by atoms with Crippen molar-refractivity contribution in [3.63, 3.8) is 0 Å². The van der Waals surface area contributed by atoms with Crippen LogP contribution in [-0.2, 0) is 16.0 Å². The Bertz CT molecular complexity index is 1520. The van der Waals surface area contributed by atoms with E-state index >= 15 is 0 Å². The summed E-state index contributed by atoms with van der Waals surface area (Å²) >= 11 is 0. The van der Waals surface area contributed by atoms with E-state index in [2.05, 4.69) is 4.98 Å². The van der Waals surface area contributed by atoms with E-state index < -0.39 is 17.7 Å². The zero-order valence-corrected chi connectivity index (χ0v) is 20.4. The number of carbonyl (C=O) groups excluding carboxylic acids is 2. The summed E-state index contributed by atoms with van der Waals surface area (Å²) in [6.07, 6.45) is 2.33. The molecular formula is C29H26N2O6. The predicted molar refractivity (Wildman–Crippen MR) is 139 cm³/mol. The predicted octanol–water partition coefficient (Wildman–Crippen LogP) is 4.56. The standard InChI is InChI=1S/C29H26N2O6/c1-36-20-9-10-22-21(15-20)19(16-30-22)12-13-31-26(18-8-11-23(32)24(14-18)37-2)25(28(34)29(31)35)27(33)17-6-4-3-5-7-17/h3-11,14-16,26,30,32-33H,12-13H2,1-2H3/b27-25-. The number of phenolic OH excluding ortho intramolecular Hbond substituents is 1. The number of nitrogens with zero attached hydrogens (tertiary/aromatic N) is 1. The summed E-state index contributed by atoms with van der Waals surface area (Å²) in [4.78, 5) is 31.3. The molecule has 1 atom stereocenters. The summed E-state index contributed by atoms with van der Waals surface area (Å²) in [5, 5.41) is 22.3. The number of likely N-dealkylation sites (tertiary alicyclic amines) is 1. The topological polar surface area (TPSA) is 112 Å².